The lowest BCUT2D eigenvalue weighted by molar-refractivity contribution is -0.0188. The highest BCUT2D eigenvalue weighted by molar-refractivity contribution is 6.41. The molecule has 5 nitrogen and oxygen atoms in total. The first-order valence-electron chi connectivity index (χ1n) is 6.48. The number of benzene rings is 1. The zero-order valence-electron chi connectivity index (χ0n) is 12.0. The Hall–Kier alpha value is -1.30. The van der Waals surface area contributed by atoms with Crippen LogP contribution in [-0.4, -0.2) is 25.1 Å². The lowest BCUT2D eigenvalue weighted by atomic mass is 10.1. The van der Waals surface area contributed by atoms with Crippen molar-refractivity contribution >= 4 is 35.1 Å². The van der Waals surface area contributed by atoms with Crippen LogP contribution in [0.5, 0.6) is 0 Å². The molecule has 1 aromatic rings. The van der Waals surface area contributed by atoms with Gasteiger partial charge in [0, 0.05) is 0 Å². The van der Waals surface area contributed by atoms with E-state index in [1.165, 1.54) is 19.2 Å². The lowest BCUT2D eigenvalue weighted by Gasteiger charge is -2.15. The van der Waals surface area contributed by atoms with Crippen molar-refractivity contribution in [2.45, 2.75) is 32.8 Å². The summed E-state index contributed by atoms with van der Waals surface area (Å²) in [5.74, 6) is -1.26. The molecule has 1 rings (SSSR count). The van der Waals surface area contributed by atoms with Gasteiger partial charge in [0.15, 0.2) is 0 Å². The summed E-state index contributed by atoms with van der Waals surface area (Å²) in [4.78, 5) is 29.0. The number of methoxy groups -OCH3 is 1. The fraction of sp³-hybridized carbons (Fsp3) is 0.429. The highest BCUT2D eigenvalue weighted by Gasteiger charge is 2.22. The normalized spacial score (nSPS) is 10.6. The maximum atomic E-state index is 12.1. The minimum atomic E-state index is -0.647. The van der Waals surface area contributed by atoms with E-state index in [2.05, 4.69) is 10.2 Å². The summed E-state index contributed by atoms with van der Waals surface area (Å²) in [6, 6.07) is 2.81. The van der Waals surface area contributed by atoms with Crippen LogP contribution in [0.2, 0.25) is 10.0 Å². The smallest absolute Gasteiger partial charge is 0.339 e. The second-order valence-electron chi connectivity index (χ2n) is 4.26. The molecule has 0 unspecified atom stereocenters. The van der Waals surface area contributed by atoms with Crippen LogP contribution < -0.4 is 5.48 Å². The van der Waals surface area contributed by atoms with E-state index in [9.17, 15) is 9.59 Å². The number of rotatable bonds is 6. The van der Waals surface area contributed by atoms with E-state index in [1.54, 1.807) is 0 Å². The quantitative estimate of drug-likeness (QED) is 0.637. The third-order valence-corrected chi connectivity index (χ3v) is 3.66. The summed E-state index contributed by atoms with van der Waals surface area (Å²) in [7, 11) is 1.23. The second kappa shape index (κ2) is 8.22. The fourth-order valence-corrected chi connectivity index (χ4v) is 2.29. The first-order valence-corrected chi connectivity index (χ1v) is 7.24. The summed E-state index contributed by atoms with van der Waals surface area (Å²) >= 11 is 12.0. The van der Waals surface area contributed by atoms with Crippen LogP contribution in [0.15, 0.2) is 12.1 Å². The molecule has 0 saturated carbocycles. The van der Waals surface area contributed by atoms with Crippen LogP contribution in [-0.2, 0) is 9.57 Å². The number of hydrogen-bond donors (Lipinski definition) is 1. The molecule has 0 aliphatic heterocycles. The SMILES string of the molecule is CCC(CC)ONC(=O)c1c(Cl)ccc(C(=O)OC)c1Cl. The number of carbonyl (C=O) groups is 2. The molecule has 0 heterocycles. The zero-order chi connectivity index (χ0) is 16.0. The van der Waals surface area contributed by atoms with Gasteiger partial charge in [0.25, 0.3) is 5.91 Å². The van der Waals surface area contributed by atoms with Gasteiger partial charge in [-0.15, -0.1) is 0 Å². The van der Waals surface area contributed by atoms with E-state index in [1.807, 2.05) is 13.8 Å². The number of ether oxygens (including phenoxy) is 1. The Kier molecular flexibility index (Phi) is 6.95. The highest BCUT2D eigenvalue weighted by atomic mass is 35.5. The highest BCUT2D eigenvalue weighted by Crippen LogP contribution is 2.28. The average molecular weight is 334 g/mol. The summed E-state index contributed by atoms with van der Waals surface area (Å²) in [5, 5.41) is 0.0540. The molecule has 21 heavy (non-hydrogen) atoms. The fourth-order valence-electron chi connectivity index (χ4n) is 1.67. The average Bonchev–Trinajstić information content (AvgIpc) is 2.47. The number of amides is 1. The Morgan fingerprint density at radius 1 is 1.24 bits per heavy atom. The van der Waals surface area contributed by atoms with Crippen LogP contribution in [0.25, 0.3) is 0 Å². The molecular formula is C14H17Cl2NO4. The summed E-state index contributed by atoms with van der Waals surface area (Å²) in [5.41, 5.74) is 2.35. The molecule has 1 aromatic carbocycles. The minimum absolute atomic E-state index is 0.0211. The van der Waals surface area contributed by atoms with Crippen molar-refractivity contribution < 1.29 is 19.2 Å². The van der Waals surface area contributed by atoms with Crippen molar-refractivity contribution in [1.29, 1.82) is 0 Å². The Morgan fingerprint density at radius 3 is 2.38 bits per heavy atom. The maximum absolute atomic E-state index is 12.1. The van der Waals surface area contributed by atoms with Gasteiger partial charge in [0.05, 0.1) is 34.4 Å². The van der Waals surface area contributed by atoms with Gasteiger partial charge in [-0.05, 0) is 25.0 Å². The summed E-state index contributed by atoms with van der Waals surface area (Å²) < 4.78 is 4.60. The van der Waals surface area contributed by atoms with E-state index < -0.39 is 11.9 Å². The number of hydroxylamine groups is 1. The molecule has 0 spiro atoms. The van der Waals surface area contributed by atoms with Gasteiger partial charge >= 0.3 is 5.97 Å². The van der Waals surface area contributed by atoms with E-state index in [4.69, 9.17) is 28.0 Å². The largest absolute Gasteiger partial charge is 0.465 e. The first-order chi connectivity index (χ1) is 9.96. The summed E-state index contributed by atoms with van der Waals surface area (Å²) in [6.07, 6.45) is 1.40. The Labute approximate surface area is 133 Å². The number of hydrogen-bond acceptors (Lipinski definition) is 4. The molecule has 0 bridgehead atoms. The van der Waals surface area contributed by atoms with Crippen LogP contribution in [0.3, 0.4) is 0 Å². The maximum Gasteiger partial charge on any atom is 0.339 e. The number of esters is 1. The van der Waals surface area contributed by atoms with Gasteiger partial charge < -0.3 is 4.74 Å². The van der Waals surface area contributed by atoms with Crippen molar-refractivity contribution in [2.24, 2.45) is 0 Å². The van der Waals surface area contributed by atoms with Gasteiger partial charge in [-0.25, -0.2) is 10.3 Å². The molecule has 0 aliphatic rings. The molecule has 0 saturated heterocycles. The Morgan fingerprint density at radius 2 is 1.86 bits per heavy atom. The molecule has 116 valence electrons. The molecule has 0 atom stereocenters. The predicted molar refractivity (Wildman–Crippen MR) is 80.7 cm³/mol. The van der Waals surface area contributed by atoms with Gasteiger partial charge in [-0.2, -0.15) is 0 Å². The second-order valence-corrected chi connectivity index (χ2v) is 5.05. The van der Waals surface area contributed by atoms with Gasteiger partial charge in [0.2, 0.25) is 0 Å². The number of halogens is 2. The van der Waals surface area contributed by atoms with Crippen molar-refractivity contribution in [2.75, 3.05) is 7.11 Å². The third-order valence-electron chi connectivity index (χ3n) is 2.95. The molecular weight excluding hydrogens is 317 g/mol. The van der Waals surface area contributed by atoms with Crippen molar-refractivity contribution in [3.05, 3.63) is 33.3 Å². The minimum Gasteiger partial charge on any atom is -0.465 e. The van der Waals surface area contributed by atoms with Crippen LogP contribution in [0, 0.1) is 0 Å². The van der Waals surface area contributed by atoms with E-state index in [0.717, 1.165) is 12.8 Å². The third kappa shape index (κ3) is 4.33. The lowest BCUT2D eigenvalue weighted by Crippen LogP contribution is -2.29. The molecule has 0 aliphatic carbocycles. The monoisotopic (exact) mass is 333 g/mol. The van der Waals surface area contributed by atoms with Crippen molar-refractivity contribution in [3.63, 3.8) is 0 Å². The molecule has 1 N–H and O–H groups in total. The molecule has 7 heteroatoms. The van der Waals surface area contributed by atoms with E-state index >= 15 is 0 Å². The van der Waals surface area contributed by atoms with Gasteiger partial charge in [-0.1, -0.05) is 37.0 Å². The zero-order valence-corrected chi connectivity index (χ0v) is 13.5. The van der Waals surface area contributed by atoms with Gasteiger partial charge in [-0.3, -0.25) is 9.63 Å². The number of carbonyl (C=O) groups excluding carboxylic acids is 2. The first kappa shape index (κ1) is 17.8. The van der Waals surface area contributed by atoms with Crippen molar-refractivity contribution in [1.82, 2.24) is 5.48 Å². The van der Waals surface area contributed by atoms with E-state index in [0.29, 0.717) is 0 Å². The predicted octanol–water partition coefficient (Wildman–Crippen LogP) is 3.63. The van der Waals surface area contributed by atoms with Crippen LogP contribution >= 0.6 is 23.2 Å². The summed E-state index contributed by atoms with van der Waals surface area (Å²) in [6.45, 7) is 3.89. The topological polar surface area (TPSA) is 64.6 Å². The molecule has 1 amide bonds. The molecule has 0 fully saturated rings. The Bertz CT molecular complexity index is 530. The van der Waals surface area contributed by atoms with Crippen LogP contribution in [0.1, 0.15) is 47.4 Å². The molecule has 0 aromatic heterocycles. The number of nitrogens with one attached hydrogen (secondary N) is 1. The standard InChI is InChI=1S/C14H17Cl2NO4/c1-4-8(5-2)21-17-13(18)11-10(15)7-6-9(12(11)16)14(19)20-3/h6-8H,4-5H2,1-3H3,(H,17,18). The Balaban J connectivity index is 3.01. The van der Waals surface area contributed by atoms with Crippen LogP contribution in [0.4, 0.5) is 0 Å². The van der Waals surface area contributed by atoms with Crippen molar-refractivity contribution in [3.8, 4) is 0 Å². The van der Waals surface area contributed by atoms with Gasteiger partial charge in [0.1, 0.15) is 0 Å². The molecule has 0 radical (unpaired) electrons. The van der Waals surface area contributed by atoms with E-state index in [-0.39, 0.29) is 27.3 Å².